The number of benzene rings is 1. The van der Waals surface area contributed by atoms with Gasteiger partial charge in [-0.05, 0) is 24.1 Å². The van der Waals surface area contributed by atoms with Gasteiger partial charge < -0.3 is 10.0 Å². The molecule has 1 N–H and O–H groups in total. The number of hydrogen-bond donors (Lipinski definition) is 1. The van der Waals surface area contributed by atoms with Crippen LogP contribution < -0.4 is 0 Å². The van der Waals surface area contributed by atoms with Gasteiger partial charge >= 0.3 is 0 Å². The summed E-state index contributed by atoms with van der Waals surface area (Å²) in [6, 6.07) is 7.58. The number of halogens is 1. The molecule has 0 spiro atoms. The standard InChI is InChI=1S/C13H16ClNO2/c1-2-12(9-3-5-10(14)6-4-9)15-8-11(16)7-13(15)17/h3-6,11-12,16H,2,7-8H2,1H3. The first-order valence-corrected chi connectivity index (χ1v) is 6.22. The highest BCUT2D eigenvalue weighted by atomic mass is 35.5. The molecule has 1 saturated heterocycles. The molecule has 4 heteroatoms. The van der Waals surface area contributed by atoms with Crippen molar-refractivity contribution in [3.8, 4) is 0 Å². The molecule has 2 atom stereocenters. The number of carbonyl (C=O) groups is 1. The van der Waals surface area contributed by atoms with Crippen LogP contribution in [0.3, 0.4) is 0 Å². The highest BCUT2D eigenvalue weighted by molar-refractivity contribution is 6.30. The van der Waals surface area contributed by atoms with Crippen LogP contribution in [0.25, 0.3) is 0 Å². The molecule has 2 rings (SSSR count). The Balaban J connectivity index is 2.21. The molecule has 0 bridgehead atoms. The fourth-order valence-corrected chi connectivity index (χ4v) is 2.46. The van der Waals surface area contributed by atoms with Crippen molar-refractivity contribution in [2.75, 3.05) is 6.54 Å². The van der Waals surface area contributed by atoms with Crippen molar-refractivity contribution in [2.24, 2.45) is 0 Å². The lowest BCUT2D eigenvalue weighted by Crippen LogP contribution is -2.30. The second kappa shape index (κ2) is 5.07. The van der Waals surface area contributed by atoms with Crippen LogP contribution in [0.15, 0.2) is 24.3 Å². The Kier molecular flexibility index (Phi) is 3.69. The van der Waals surface area contributed by atoms with Gasteiger partial charge in [-0.25, -0.2) is 0 Å². The Morgan fingerprint density at radius 1 is 1.47 bits per heavy atom. The molecule has 1 aliphatic heterocycles. The van der Waals surface area contributed by atoms with Crippen LogP contribution in [0.5, 0.6) is 0 Å². The molecule has 1 heterocycles. The summed E-state index contributed by atoms with van der Waals surface area (Å²) < 4.78 is 0. The molecule has 0 aromatic heterocycles. The molecule has 92 valence electrons. The van der Waals surface area contributed by atoms with E-state index >= 15 is 0 Å². The molecular weight excluding hydrogens is 238 g/mol. The number of carbonyl (C=O) groups excluding carboxylic acids is 1. The second-order valence-electron chi connectivity index (χ2n) is 4.38. The SMILES string of the molecule is CCC(c1ccc(Cl)cc1)N1CC(O)CC1=O. The Labute approximate surface area is 106 Å². The van der Waals surface area contributed by atoms with Crippen LogP contribution in [0.1, 0.15) is 31.4 Å². The highest BCUT2D eigenvalue weighted by Crippen LogP contribution is 2.29. The summed E-state index contributed by atoms with van der Waals surface area (Å²) >= 11 is 5.85. The van der Waals surface area contributed by atoms with Gasteiger partial charge in [0.1, 0.15) is 0 Å². The normalized spacial score (nSPS) is 21.9. The van der Waals surface area contributed by atoms with Crippen molar-refractivity contribution in [1.82, 2.24) is 4.90 Å². The monoisotopic (exact) mass is 253 g/mol. The van der Waals surface area contributed by atoms with Crippen LogP contribution in [0, 0.1) is 0 Å². The minimum atomic E-state index is -0.524. The average Bonchev–Trinajstić information content (AvgIpc) is 2.62. The van der Waals surface area contributed by atoms with Crippen molar-refractivity contribution < 1.29 is 9.90 Å². The number of amides is 1. The predicted octanol–water partition coefficient (Wildman–Crippen LogP) is 2.38. The molecule has 1 aromatic rings. The maximum absolute atomic E-state index is 11.8. The molecular formula is C13H16ClNO2. The van der Waals surface area contributed by atoms with Gasteiger partial charge in [0, 0.05) is 11.6 Å². The van der Waals surface area contributed by atoms with Crippen LogP contribution >= 0.6 is 11.6 Å². The van der Waals surface area contributed by atoms with Crippen molar-refractivity contribution in [3.63, 3.8) is 0 Å². The van der Waals surface area contributed by atoms with Gasteiger partial charge in [-0.1, -0.05) is 30.7 Å². The number of likely N-dealkylation sites (tertiary alicyclic amines) is 1. The second-order valence-corrected chi connectivity index (χ2v) is 4.82. The first-order valence-electron chi connectivity index (χ1n) is 5.84. The minimum absolute atomic E-state index is 0.0271. The lowest BCUT2D eigenvalue weighted by Gasteiger charge is -2.27. The third kappa shape index (κ3) is 2.61. The molecule has 17 heavy (non-hydrogen) atoms. The van der Waals surface area contributed by atoms with Gasteiger partial charge in [0.25, 0.3) is 0 Å². The van der Waals surface area contributed by atoms with Crippen molar-refractivity contribution in [3.05, 3.63) is 34.9 Å². The molecule has 1 aromatic carbocycles. The maximum Gasteiger partial charge on any atom is 0.225 e. The Morgan fingerprint density at radius 3 is 2.59 bits per heavy atom. The molecule has 1 aliphatic rings. The first kappa shape index (κ1) is 12.4. The number of hydrogen-bond acceptors (Lipinski definition) is 2. The molecule has 2 unspecified atom stereocenters. The zero-order valence-electron chi connectivity index (χ0n) is 9.77. The largest absolute Gasteiger partial charge is 0.391 e. The maximum atomic E-state index is 11.8. The van der Waals surface area contributed by atoms with Gasteiger partial charge in [0.15, 0.2) is 0 Å². The van der Waals surface area contributed by atoms with E-state index in [0.717, 1.165) is 12.0 Å². The van der Waals surface area contributed by atoms with Crippen LogP contribution in [-0.4, -0.2) is 28.6 Å². The Hall–Kier alpha value is -1.06. The summed E-state index contributed by atoms with van der Waals surface area (Å²) in [6.45, 7) is 2.47. The number of rotatable bonds is 3. The molecule has 0 aliphatic carbocycles. The fourth-order valence-electron chi connectivity index (χ4n) is 2.33. The van der Waals surface area contributed by atoms with Crippen molar-refractivity contribution in [2.45, 2.75) is 31.9 Å². The first-order chi connectivity index (χ1) is 8.11. The minimum Gasteiger partial charge on any atom is -0.391 e. The third-order valence-corrected chi connectivity index (χ3v) is 3.41. The summed E-state index contributed by atoms with van der Waals surface area (Å²) in [4.78, 5) is 13.5. The predicted molar refractivity (Wildman–Crippen MR) is 66.8 cm³/mol. The molecule has 0 radical (unpaired) electrons. The van der Waals surface area contributed by atoms with Crippen molar-refractivity contribution in [1.29, 1.82) is 0 Å². The fraction of sp³-hybridized carbons (Fsp3) is 0.462. The van der Waals surface area contributed by atoms with E-state index in [4.69, 9.17) is 11.6 Å². The van der Waals surface area contributed by atoms with E-state index in [9.17, 15) is 9.90 Å². The molecule has 3 nitrogen and oxygen atoms in total. The smallest absolute Gasteiger partial charge is 0.225 e. The average molecular weight is 254 g/mol. The molecule has 0 saturated carbocycles. The summed E-state index contributed by atoms with van der Waals surface area (Å²) in [5.41, 5.74) is 1.07. The lowest BCUT2D eigenvalue weighted by atomic mass is 10.0. The topological polar surface area (TPSA) is 40.5 Å². The third-order valence-electron chi connectivity index (χ3n) is 3.16. The van der Waals surface area contributed by atoms with Crippen molar-refractivity contribution >= 4 is 17.5 Å². The van der Waals surface area contributed by atoms with Crippen LogP contribution in [0.2, 0.25) is 5.02 Å². The van der Waals surface area contributed by atoms with E-state index in [1.54, 1.807) is 4.90 Å². The highest BCUT2D eigenvalue weighted by Gasteiger charge is 2.33. The van der Waals surface area contributed by atoms with E-state index in [-0.39, 0.29) is 18.4 Å². The van der Waals surface area contributed by atoms with E-state index < -0.39 is 6.10 Å². The van der Waals surface area contributed by atoms with Gasteiger partial charge in [0.05, 0.1) is 18.6 Å². The van der Waals surface area contributed by atoms with E-state index in [1.807, 2.05) is 31.2 Å². The summed E-state index contributed by atoms with van der Waals surface area (Å²) in [6.07, 6.45) is 0.549. The number of nitrogens with zero attached hydrogens (tertiary/aromatic N) is 1. The quantitative estimate of drug-likeness (QED) is 0.899. The number of β-amino-alcohol motifs (C(OH)–C–C–N with tert-alkyl or cyclic N) is 1. The number of aliphatic hydroxyl groups is 1. The van der Waals surface area contributed by atoms with E-state index in [2.05, 4.69) is 0 Å². The van der Waals surface area contributed by atoms with Gasteiger partial charge in [-0.2, -0.15) is 0 Å². The summed E-state index contributed by atoms with van der Waals surface area (Å²) in [5, 5.41) is 10.2. The zero-order chi connectivity index (χ0) is 12.4. The summed E-state index contributed by atoms with van der Waals surface area (Å²) in [5.74, 6) is 0.0271. The molecule has 1 fully saturated rings. The van der Waals surface area contributed by atoms with Gasteiger partial charge in [-0.15, -0.1) is 0 Å². The zero-order valence-corrected chi connectivity index (χ0v) is 10.5. The number of aliphatic hydroxyl groups excluding tert-OH is 1. The molecule has 1 amide bonds. The van der Waals surface area contributed by atoms with Crippen LogP contribution in [-0.2, 0) is 4.79 Å². The van der Waals surface area contributed by atoms with E-state index in [0.29, 0.717) is 11.6 Å². The van der Waals surface area contributed by atoms with Gasteiger partial charge in [0.2, 0.25) is 5.91 Å². The lowest BCUT2D eigenvalue weighted by molar-refractivity contribution is -0.129. The van der Waals surface area contributed by atoms with Gasteiger partial charge in [-0.3, -0.25) is 4.79 Å². The van der Waals surface area contributed by atoms with Crippen LogP contribution in [0.4, 0.5) is 0 Å². The summed E-state index contributed by atoms with van der Waals surface area (Å²) in [7, 11) is 0. The Bertz CT molecular complexity index is 404. The Morgan fingerprint density at radius 2 is 2.12 bits per heavy atom. The van der Waals surface area contributed by atoms with E-state index in [1.165, 1.54) is 0 Å².